The fourth-order valence-corrected chi connectivity index (χ4v) is 11.0. The summed E-state index contributed by atoms with van der Waals surface area (Å²) in [5.74, 6) is -3.18. The summed E-state index contributed by atoms with van der Waals surface area (Å²) in [6, 6.07) is -1.32. The molecule has 2 saturated heterocycles. The molecule has 4 rings (SSSR count). The quantitative estimate of drug-likeness (QED) is 0.0374. The molecular formula is C61H110N2O27. The number of hydrogen-bond donors (Lipinski definition) is 8. The highest BCUT2D eigenvalue weighted by Gasteiger charge is 2.53. The van der Waals surface area contributed by atoms with Crippen LogP contribution in [0.4, 0.5) is 0 Å². The van der Waals surface area contributed by atoms with Gasteiger partial charge in [0.05, 0.1) is 177 Å². The zero-order chi connectivity index (χ0) is 65.1. The van der Waals surface area contributed by atoms with Gasteiger partial charge in [0.2, 0.25) is 11.8 Å². The van der Waals surface area contributed by atoms with E-state index >= 15 is 0 Å². The Morgan fingerprint density at radius 1 is 0.567 bits per heavy atom. The molecule has 2 saturated carbocycles. The highest BCUT2D eigenvalue weighted by atomic mass is 16.7. The summed E-state index contributed by atoms with van der Waals surface area (Å²) in [5, 5.41) is 70.1. The van der Waals surface area contributed by atoms with Crippen molar-refractivity contribution < 1.29 is 130 Å². The van der Waals surface area contributed by atoms with Crippen LogP contribution in [0.5, 0.6) is 0 Å². The summed E-state index contributed by atoms with van der Waals surface area (Å²) in [4.78, 5) is 52.3. The van der Waals surface area contributed by atoms with E-state index in [9.17, 15) is 49.8 Å². The van der Waals surface area contributed by atoms with Crippen molar-refractivity contribution in [3.63, 3.8) is 0 Å². The second kappa shape index (κ2) is 48.8. The number of carbonyl (C=O) groups is 4. The van der Waals surface area contributed by atoms with E-state index in [0.29, 0.717) is 158 Å². The fraction of sp³-hybridized carbons (Fsp3) is 0.934. The minimum absolute atomic E-state index is 0.0280. The molecule has 29 nitrogen and oxygen atoms in total. The number of aliphatic hydroxyl groups is 5. The van der Waals surface area contributed by atoms with E-state index in [-0.39, 0.29) is 63.1 Å². The number of Topliss-reactive ketones (excluding diaryl/α,β-unsaturated/α-hetero) is 1. The van der Waals surface area contributed by atoms with Crippen LogP contribution >= 0.6 is 0 Å². The van der Waals surface area contributed by atoms with Gasteiger partial charge in [0.15, 0.2) is 18.7 Å². The van der Waals surface area contributed by atoms with Crippen LogP contribution in [-0.2, 0) is 99.7 Å². The topological polar surface area (TPSA) is 371 Å². The number of aliphatic carboxylic acids is 1. The minimum Gasteiger partial charge on any atom is -0.479 e. The Bertz CT molecular complexity index is 1860. The molecule has 526 valence electrons. The SMILES string of the molecule is CCC1CC(C(=O)CCCNC(=O)CCOCCOCCOCCOCCOCCOCCOCCOCCOCCOCCOCCOC)C[C@@H](O[C@@H]2O[C@@H](CO)[C@H](O)C(O[C@@H](CC3CCCCC3)C(=O)O)C2NC(C)=O)[C@@H]1OC1O[C@@H](C)[C@H](O)C(O)[C@@H]1O. The average molecular weight is 1300 g/mol. The van der Waals surface area contributed by atoms with Gasteiger partial charge >= 0.3 is 5.97 Å². The first-order chi connectivity index (χ1) is 43.7. The third kappa shape index (κ3) is 32.1. The molecular weight excluding hydrogens is 1190 g/mol. The number of ketones is 1. The molecule has 90 heavy (non-hydrogen) atoms. The maximum Gasteiger partial charge on any atom is 0.332 e. The van der Waals surface area contributed by atoms with Gasteiger partial charge in [-0.15, -0.1) is 0 Å². The Kier molecular flexibility index (Phi) is 43.2. The number of amides is 2. The Morgan fingerprint density at radius 2 is 1.06 bits per heavy atom. The van der Waals surface area contributed by atoms with E-state index in [2.05, 4.69) is 10.6 Å². The van der Waals surface area contributed by atoms with Crippen molar-refractivity contribution in [3.8, 4) is 0 Å². The van der Waals surface area contributed by atoms with Crippen LogP contribution in [0.2, 0.25) is 0 Å². The van der Waals surface area contributed by atoms with Gasteiger partial charge in [-0.25, -0.2) is 4.79 Å². The molecule has 4 aliphatic rings. The monoisotopic (exact) mass is 1300 g/mol. The van der Waals surface area contributed by atoms with Crippen LogP contribution in [0.1, 0.15) is 97.8 Å². The fourth-order valence-electron chi connectivity index (χ4n) is 11.0. The maximum absolute atomic E-state index is 14.1. The number of nitrogens with one attached hydrogen (secondary N) is 2. The molecule has 8 N–H and O–H groups in total. The predicted molar refractivity (Wildman–Crippen MR) is 318 cm³/mol. The smallest absolute Gasteiger partial charge is 0.332 e. The molecule has 29 heteroatoms. The van der Waals surface area contributed by atoms with Crippen LogP contribution in [0, 0.1) is 17.8 Å². The lowest BCUT2D eigenvalue weighted by Gasteiger charge is -2.49. The van der Waals surface area contributed by atoms with Crippen molar-refractivity contribution in [1.29, 1.82) is 0 Å². The number of carboxylic acids is 1. The first-order valence-electron chi connectivity index (χ1n) is 32.4. The number of hydrogen-bond acceptors (Lipinski definition) is 26. The highest BCUT2D eigenvalue weighted by Crippen LogP contribution is 2.40. The molecule has 4 fully saturated rings. The maximum atomic E-state index is 14.1. The number of carbonyl (C=O) groups excluding carboxylic acids is 3. The van der Waals surface area contributed by atoms with Crippen LogP contribution in [0.3, 0.4) is 0 Å². The zero-order valence-corrected chi connectivity index (χ0v) is 53.7. The second-order valence-electron chi connectivity index (χ2n) is 22.8. The molecule has 0 aromatic heterocycles. The molecule has 6 unspecified atom stereocenters. The van der Waals surface area contributed by atoms with Gasteiger partial charge in [0.1, 0.15) is 48.4 Å². The largest absolute Gasteiger partial charge is 0.479 e. The Hall–Kier alpha value is -2.80. The van der Waals surface area contributed by atoms with Gasteiger partial charge < -0.3 is 122 Å². The number of carboxylic acid groups (broad SMARTS) is 1. The van der Waals surface area contributed by atoms with Crippen molar-refractivity contribution in [1.82, 2.24) is 10.6 Å². The summed E-state index contributed by atoms with van der Waals surface area (Å²) in [6.07, 6.45) is -10.3. The molecule has 0 spiro atoms. The van der Waals surface area contributed by atoms with Crippen LogP contribution in [0.15, 0.2) is 0 Å². The standard InChI is InChI=1S/C61H110N2O27/c1-5-45-39-46(40-48(57(45)90-61-56(71)55(70)53(68)42(2)86-61)88-60-52(63-43(3)65)58(54(69)50(41-64)89-60)87-49(59(72)73)38-44-10-7-6-8-11-44)47(66)12-9-14-62-51(67)13-15-75-18-19-77-22-23-79-26-27-81-30-31-83-34-35-85-37-36-84-33-32-82-29-28-80-25-24-78-21-20-76-17-16-74-4/h42,44-46,48-50,52-58,60-61,64,68-71H,5-41H2,1-4H3,(H,62,67)(H,63,65)(H,72,73)/t42-,45?,46?,48+,49-,50-,52?,53-,54-,55?,56-,57+,58?,60+,61?/m0/s1. The van der Waals surface area contributed by atoms with Crippen molar-refractivity contribution in [3.05, 3.63) is 0 Å². The molecule has 0 radical (unpaired) electrons. The average Bonchev–Trinajstić information content (AvgIpc) is 0.989. The summed E-state index contributed by atoms with van der Waals surface area (Å²) < 4.78 is 96.6. The normalized spacial score (nSPS) is 27.8. The predicted octanol–water partition coefficient (Wildman–Crippen LogP) is 0.0967. The molecule has 15 atom stereocenters. The van der Waals surface area contributed by atoms with Crippen LogP contribution in [-0.4, -0.2) is 306 Å². The van der Waals surface area contributed by atoms with Crippen LogP contribution in [0.25, 0.3) is 0 Å². The van der Waals surface area contributed by atoms with Gasteiger partial charge in [0.25, 0.3) is 0 Å². The highest BCUT2D eigenvalue weighted by molar-refractivity contribution is 5.81. The Labute approximate surface area is 530 Å². The van der Waals surface area contributed by atoms with E-state index in [1.165, 1.54) is 13.8 Å². The lowest BCUT2D eigenvalue weighted by Crippen LogP contribution is -2.67. The molecule has 0 bridgehead atoms. The molecule has 2 aliphatic heterocycles. The van der Waals surface area contributed by atoms with Crippen molar-refractivity contribution in [2.75, 3.05) is 172 Å². The van der Waals surface area contributed by atoms with Crippen LogP contribution < -0.4 is 10.6 Å². The van der Waals surface area contributed by atoms with Gasteiger partial charge in [-0.1, -0.05) is 45.4 Å². The molecule has 2 amide bonds. The molecule has 2 aliphatic carbocycles. The Balaban J connectivity index is 1.07. The van der Waals surface area contributed by atoms with E-state index in [1.807, 2.05) is 6.92 Å². The van der Waals surface area contributed by atoms with Crippen molar-refractivity contribution in [2.24, 2.45) is 17.8 Å². The summed E-state index contributed by atoms with van der Waals surface area (Å²) in [6.45, 7) is 14.2. The molecule has 0 aromatic carbocycles. The Morgan fingerprint density at radius 3 is 1.51 bits per heavy atom. The first-order valence-corrected chi connectivity index (χ1v) is 32.4. The van der Waals surface area contributed by atoms with Gasteiger partial charge in [0, 0.05) is 39.3 Å². The third-order valence-corrected chi connectivity index (χ3v) is 16.0. The lowest BCUT2D eigenvalue weighted by molar-refractivity contribution is -0.338. The lowest BCUT2D eigenvalue weighted by atomic mass is 9.74. The third-order valence-electron chi connectivity index (χ3n) is 16.0. The summed E-state index contributed by atoms with van der Waals surface area (Å²) in [7, 11) is 1.63. The van der Waals surface area contributed by atoms with E-state index in [0.717, 1.165) is 32.1 Å². The van der Waals surface area contributed by atoms with Crippen molar-refractivity contribution in [2.45, 2.75) is 177 Å². The summed E-state index contributed by atoms with van der Waals surface area (Å²) in [5.41, 5.74) is 0. The molecule has 2 heterocycles. The van der Waals surface area contributed by atoms with E-state index in [4.69, 9.17) is 80.5 Å². The number of ether oxygens (including phenoxy) is 17. The van der Waals surface area contributed by atoms with Crippen molar-refractivity contribution >= 4 is 23.6 Å². The van der Waals surface area contributed by atoms with Gasteiger partial charge in [-0.2, -0.15) is 0 Å². The van der Waals surface area contributed by atoms with E-state index in [1.54, 1.807) is 7.11 Å². The number of rotatable bonds is 53. The first kappa shape index (κ1) is 79.6. The van der Waals surface area contributed by atoms with Gasteiger partial charge in [-0.3, -0.25) is 14.4 Å². The van der Waals surface area contributed by atoms with E-state index < -0.39 is 110 Å². The second-order valence-corrected chi connectivity index (χ2v) is 22.8. The summed E-state index contributed by atoms with van der Waals surface area (Å²) >= 11 is 0. The number of methoxy groups -OCH3 is 1. The minimum atomic E-state index is -1.67. The zero-order valence-electron chi connectivity index (χ0n) is 53.7. The number of aliphatic hydroxyl groups excluding tert-OH is 5. The van der Waals surface area contributed by atoms with Gasteiger partial charge in [-0.05, 0) is 44.4 Å². The molecule has 0 aromatic rings.